The highest BCUT2D eigenvalue weighted by molar-refractivity contribution is 7.14. The van der Waals surface area contributed by atoms with Gasteiger partial charge < -0.3 is 14.7 Å². The van der Waals surface area contributed by atoms with Gasteiger partial charge in [0.25, 0.3) is 0 Å². The molecule has 1 aliphatic rings. The summed E-state index contributed by atoms with van der Waals surface area (Å²) in [6.07, 6.45) is 0. The smallest absolute Gasteiger partial charge is 0.115 e. The number of rotatable bonds is 2. The molecule has 0 atom stereocenters. The van der Waals surface area contributed by atoms with E-state index in [9.17, 15) is 5.11 Å². The lowest BCUT2D eigenvalue weighted by Gasteiger charge is -2.27. The highest BCUT2D eigenvalue weighted by Crippen LogP contribution is 2.32. The minimum atomic E-state index is 0.309. The average Bonchev–Trinajstić information content (AvgIpc) is 2.90. The molecule has 2 heterocycles. The largest absolute Gasteiger partial charge is 0.508 e. The van der Waals surface area contributed by atoms with E-state index in [1.54, 1.807) is 23.5 Å². The van der Waals surface area contributed by atoms with Crippen molar-refractivity contribution < 1.29 is 9.84 Å². The third-order valence-corrected chi connectivity index (χ3v) is 4.08. The Hall–Kier alpha value is -1.52. The van der Waals surface area contributed by atoms with Crippen LogP contribution in [-0.4, -0.2) is 31.4 Å². The fourth-order valence-corrected chi connectivity index (χ4v) is 3.02. The number of nitrogens with zero attached hydrogens (tertiary/aromatic N) is 1. The molecule has 2 aromatic rings. The maximum Gasteiger partial charge on any atom is 0.115 e. The zero-order chi connectivity index (χ0) is 12.4. The fourth-order valence-electron chi connectivity index (χ4n) is 2.09. The monoisotopic (exact) mass is 261 g/mol. The van der Waals surface area contributed by atoms with E-state index >= 15 is 0 Å². The Kier molecular flexibility index (Phi) is 3.21. The van der Waals surface area contributed by atoms with Gasteiger partial charge in [0.15, 0.2) is 0 Å². The maximum absolute atomic E-state index is 9.29. The molecule has 3 rings (SSSR count). The molecule has 1 fully saturated rings. The van der Waals surface area contributed by atoms with E-state index in [1.807, 2.05) is 12.1 Å². The van der Waals surface area contributed by atoms with E-state index < -0.39 is 0 Å². The van der Waals surface area contributed by atoms with Crippen molar-refractivity contribution in [2.45, 2.75) is 0 Å². The summed E-state index contributed by atoms with van der Waals surface area (Å²) < 4.78 is 5.36. The number of benzene rings is 1. The number of aromatic hydroxyl groups is 1. The third-order valence-electron chi connectivity index (χ3n) is 3.11. The first kappa shape index (κ1) is 11.6. The minimum Gasteiger partial charge on any atom is -0.508 e. The number of phenolic OH excluding ortho intramolecular Hbond substituents is 1. The van der Waals surface area contributed by atoms with Crippen LogP contribution in [0.15, 0.2) is 35.7 Å². The van der Waals surface area contributed by atoms with Crippen LogP contribution in [0.3, 0.4) is 0 Å². The van der Waals surface area contributed by atoms with E-state index in [1.165, 1.54) is 10.6 Å². The van der Waals surface area contributed by atoms with Gasteiger partial charge in [-0.1, -0.05) is 0 Å². The highest BCUT2D eigenvalue weighted by Gasteiger charge is 2.13. The molecule has 18 heavy (non-hydrogen) atoms. The minimum absolute atomic E-state index is 0.309. The van der Waals surface area contributed by atoms with Crippen molar-refractivity contribution in [1.82, 2.24) is 0 Å². The number of morpholine rings is 1. The van der Waals surface area contributed by atoms with E-state index in [0.29, 0.717) is 5.75 Å². The molecule has 0 aliphatic carbocycles. The van der Waals surface area contributed by atoms with Crippen LogP contribution in [0.4, 0.5) is 5.69 Å². The van der Waals surface area contributed by atoms with Crippen LogP contribution in [0.1, 0.15) is 0 Å². The van der Waals surface area contributed by atoms with Gasteiger partial charge in [-0.05, 0) is 35.9 Å². The fraction of sp³-hybridized carbons (Fsp3) is 0.286. The van der Waals surface area contributed by atoms with Crippen molar-refractivity contribution in [3.8, 4) is 16.2 Å². The van der Waals surface area contributed by atoms with Crippen LogP contribution in [0.25, 0.3) is 10.4 Å². The van der Waals surface area contributed by atoms with Gasteiger partial charge in [0.2, 0.25) is 0 Å². The van der Waals surface area contributed by atoms with Crippen LogP contribution in [-0.2, 0) is 4.74 Å². The second kappa shape index (κ2) is 5.00. The van der Waals surface area contributed by atoms with Gasteiger partial charge in [-0.15, -0.1) is 11.3 Å². The lowest BCUT2D eigenvalue weighted by Crippen LogP contribution is -2.35. The highest BCUT2D eigenvalue weighted by atomic mass is 32.1. The van der Waals surface area contributed by atoms with E-state index in [-0.39, 0.29) is 0 Å². The van der Waals surface area contributed by atoms with Gasteiger partial charge in [-0.3, -0.25) is 0 Å². The normalized spacial score (nSPS) is 15.9. The number of anilines is 1. The van der Waals surface area contributed by atoms with Crippen LogP contribution in [0.2, 0.25) is 0 Å². The quantitative estimate of drug-likeness (QED) is 0.902. The Balaban J connectivity index is 1.82. The molecular weight excluding hydrogens is 246 g/mol. The molecule has 1 N–H and O–H groups in total. The average molecular weight is 261 g/mol. The van der Waals surface area contributed by atoms with Crippen molar-refractivity contribution >= 4 is 17.0 Å². The van der Waals surface area contributed by atoms with Gasteiger partial charge in [0, 0.05) is 29.0 Å². The zero-order valence-corrected chi connectivity index (χ0v) is 10.8. The van der Waals surface area contributed by atoms with Crippen molar-refractivity contribution in [3.05, 3.63) is 35.7 Å². The van der Waals surface area contributed by atoms with Gasteiger partial charge in [0.05, 0.1) is 13.2 Å². The second-order valence-electron chi connectivity index (χ2n) is 4.32. The summed E-state index contributed by atoms with van der Waals surface area (Å²) in [6, 6.07) is 9.56. The van der Waals surface area contributed by atoms with Crippen LogP contribution in [0.5, 0.6) is 5.75 Å². The van der Waals surface area contributed by atoms with Gasteiger partial charge >= 0.3 is 0 Å². The number of phenols is 1. The summed E-state index contributed by atoms with van der Waals surface area (Å²) in [5.74, 6) is 0.309. The Bertz CT molecular complexity index is 515. The molecule has 94 valence electrons. The molecule has 0 radical (unpaired) electrons. The summed E-state index contributed by atoms with van der Waals surface area (Å²) in [5, 5.41) is 11.5. The van der Waals surface area contributed by atoms with Crippen LogP contribution < -0.4 is 4.90 Å². The molecule has 1 saturated heterocycles. The first-order valence-corrected chi connectivity index (χ1v) is 6.91. The maximum atomic E-state index is 9.29. The summed E-state index contributed by atoms with van der Waals surface area (Å²) in [6.45, 7) is 3.55. The predicted octanol–water partition coefficient (Wildman–Crippen LogP) is 2.96. The second-order valence-corrected chi connectivity index (χ2v) is 5.23. The van der Waals surface area contributed by atoms with E-state index in [0.717, 1.165) is 31.9 Å². The Morgan fingerprint density at radius 1 is 1.11 bits per heavy atom. The molecule has 0 bridgehead atoms. The SMILES string of the molecule is Oc1ccc(-c2cc(N3CCOCC3)cs2)cc1. The summed E-state index contributed by atoms with van der Waals surface area (Å²) >= 11 is 1.74. The van der Waals surface area contributed by atoms with Crippen molar-refractivity contribution in [1.29, 1.82) is 0 Å². The Morgan fingerprint density at radius 3 is 2.56 bits per heavy atom. The molecule has 1 aromatic carbocycles. The predicted molar refractivity (Wildman–Crippen MR) is 74.5 cm³/mol. The Morgan fingerprint density at radius 2 is 1.83 bits per heavy atom. The zero-order valence-electron chi connectivity index (χ0n) is 10.0. The molecule has 1 aliphatic heterocycles. The standard InChI is InChI=1S/C14H15NO2S/c16-13-3-1-11(2-4-13)14-9-12(10-18-14)15-5-7-17-8-6-15/h1-4,9-10,16H,5-8H2. The van der Waals surface area contributed by atoms with Gasteiger partial charge in [-0.2, -0.15) is 0 Å². The van der Waals surface area contributed by atoms with Crippen molar-refractivity contribution in [2.24, 2.45) is 0 Å². The molecule has 3 nitrogen and oxygen atoms in total. The first-order chi connectivity index (χ1) is 8.83. The lowest BCUT2D eigenvalue weighted by atomic mass is 10.2. The topological polar surface area (TPSA) is 32.7 Å². The van der Waals surface area contributed by atoms with E-state index in [4.69, 9.17) is 4.74 Å². The molecular formula is C14H15NO2S. The number of hydrogen-bond donors (Lipinski definition) is 1. The van der Waals surface area contributed by atoms with Crippen molar-refractivity contribution in [3.63, 3.8) is 0 Å². The van der Waals surface area contributed by atoms with Gasteiger partial charge in [-0.25, -0.2) is 0 Å². The molecule has 4 heteroatoms. The van der Waals surface area contributed by atoms with E-state index in [2.05, 4.69) is 16.3 Å². The molecule has 0 saturated carbocycles. The van der Waals surface area contributed by atoms with Crippen LogP contribution >= 0.6 is 11.3 Å². The van der Waals surface area contributed by atoms with Crippen molar-refractivity contribution in [2.75, 3.05) is 31.2 Å². The lowest BCUT2D eigenvalue weighted by molar-refractivity contribution is 0.123. The summed E-state index contributed by atoms with van der Waals surface area (Å²) in [7, 11) is 0. The Labute approximate surface area is 110 Å². The number of hydrogen-bond acceptors (Lipinski definition) is 4. The molecule has 0 spiro atoms. The summed E-state index contributed by atoms with van der Waals surface area (Å²) in [5.41, 5.74) is 2.42. The molecule has 1 aromatic heterocycles. The molecule has 0 unspecified atom stereocenters. The van der Waals surface area contributed by atoms with Crippen LogP contribution in [0, 0.1) is 0 Å². The third kappa shape index (κ3) is 2.35. The first-order valence-electron chi connectivity index (χ1n) is 6.03. The number of ether oxygens (including phenoxy) is 1. The summed E-state index contributed by atoms with van der Waals surface area (Å²) in [4.78, 5) is 3.58. The molecule has 0 amide bonds. The number of thiophene rings is 1. The van der Waals surface area contributed by atoms with Gasteiger partial charge in [0.1, 0.15) is 5.75 Å².